The van der Waals surface area contributed by atoms with E-state index in [-0.39, 0.29) is 8.69 Å². The summed E-state index contributed by atoms with van der Waals surface area (Å²) in [6.07, 6.45) is 3.60. The minimum absolute atomic E-state index is 0.226. The van der Waals surface area contributed by atoms with Crippen LogP contribution in [-0.4, -0.2) is 18.2 Å². The van der Waals surface area contributed by atoms with E-state index in [1.54, 1.807) is 5.06 Å². The van der Waals surface area contributed by atoms with Crippen LogP contribution in [0.4, 0.5) is 0 Å². The second-order valence-electron chi connectivity index (χ2n) is 2.15. The third-order valence-electron chi connectivity index (χ3n) is 1.46. The van der Waals surface area contributed by atoms with Crippen LogP contribution in [0.15, 0.2) is 0 Å². The largest absolute Gasteiger partial charge is 0.346 e. The maximum atomic E-state index is 9.91. The zero-order valence-corrected chi connectivity index (χ0v) is 6.14. The molecular weight excluding hydrogens is 137 g/mol. The summed E-state index contributed by atoms with van der Waals surface area (Å²) in [5, 5.41) is 1.75. The van der Waals surface area contributed by atoms with Crippen LogP contribution in [0.5, 0.6) is 0 Å². The Balaban J connectivity index is 2.15. The highest BCUT2D eigenvalue weighted by Gasteiger charge is 2.09. The Morgan fingerprint density at radius 2 is 1.89 bits per heavy atom. The number of nitrogens with zero attached hydrogens (tertiary/aromatic N) is 1. The van der Waals surface area contributed by atoms with Crippen molar-refractivity contribution in [3.05, 3.63) is 0 Å². The molecule has 1 saturated heterocycles. The summed E-state index contributed by atoms with van der Waals surface area (Å²) in [7, 11) is -0.226. The quantitative estimate of drug-likeness (QED) is 0.555. The molecule has 1 aliphatic rings. The van der Waals surface area contributed by atoms with Crippen LogP contribution in [0, 0.1) is 0 Å². The molecule has 0 aromatic heterocycles. The molecule has 1 heterocycles. The Morgan fingerprint density at radius 1 is 1.22 bits per heavy atom. The van der Waals surface area contributed by atoms with Gasteiger partial charge in [0.25, 0.3) is 0 Å². The van der Waals surface area contributed by atoms with Gasteiger partial charge in [0.1, 0.15) is 0 Å². The number of hydrogen-bond acceptors (Lipinski definition) is 3. The van der Waals surface area contributed by atoms with Gasteiger partial charge in [0.15, 0.2) is 0 Å². The molecule has 0 spiro atoms. The second kappa shape index (κ2) is 3.94. The topological polar surface area (TPSA) is 29.5 Å². The normalized spacial score (nSPS) is 22.7. The van der Waals surface area contributed by atoms with Gasteiger partial charge in [-0.3, -0.25) is 0 Å². The minimum atomic E-state index is -0.226. The fourth-order valence-corrected chi connectivity index (χ4v) is 1.25. The molecular formula is C5H10NO2P. The highest BCUT2D eigenvalue weighted by Crippen LogP contribution is 2.11. The molecule has 1 rings (SSSR count). The molecule has 1 aliphatic heterocycles. The van der Waals surface area contributed by atoms with E-state index in [4.69, 9.17) is 4.62 Å². The van der Waals surface area contributed by atoms with E-state index >= 15 is 0 Å². The number of rotatable bonds is 2. The average Bonchev–Trinajstić information content (AvgIpc) is 1.91. The summed E-state index contributed by atoms with van der Waals surface area (Å²) < 4.78 is 14.6. The van der Waals surface area contributed by atoms with Gasteiger partial charge in [-0.15, -0.1) is 0 Å². The molecule has 0 atom stereocenters. The molecule has 0 aliphatic carbocycles. The molecule has 0 N–H and O–H groups in total. The Morgan fingerprint density at radius 3 is 2.44 bits per heavy atom. The predicted molar refractivity (Wildman–Crippen MR) is 34.1 cm³/mol. The van der Waals surface area contributed by atoms with Gasteiger partial charge in [-0.1, -0.05) is 6.42 Å². The van der Waals surface area contributed by atoms with Crippen LogP contribution < -0.4 is 0 Å². The van der Waals surface area contributed by atoms with E-state index in [2.05, 4.69) is 0 Å². The van der Waals surface area contributed by atoms with Gasteiger partial charge in [-0.2, -0.15) is 5.06 Å². The first-order valence-corrected chi connectivity index (χ1v) is 3.91. The molecule has 52 valence electrons. The molecule has 0 aromatic rings. The van der Waals surface area contributed by atoms with E-state index in [0.29, 0.717) is 0 Å². The van der Waals surface area contributed by atoms with Crippen LogP contribution in [0.25, 0.3) is 0 Å². The van der Waals surface area contributed by atoms with Crippen molar-refractivity contribution in [3.63, 3.8) is 0 Å². The summed E-state index contributed by atoms with van der Waals surface area (Å²) in [6.45, 7) is 1.85. The lowest BCUT2D eigenvalue weighted by Crippen LogP contribution is -2.26. The van der Waals surface area contributed by atoms with Gasteiger partial charge in [-0.25, -0.2) is 9.19 Å². The van der Waals surface area contributed by atoms with E-state index in [1.807, 2.05) is 0 Å². The molecule has 0 unspecified atom stereocenters. The number of hydroxylamine groups is 2. The monoisotopic (exact) mass is 147 g/mol. The van der Waals surface area contributed by atoms with Gasteiger partial charge in [-0.05, 0) is 12.8 Å². The third-order valence-corrected chi connectivity index (χ3v) is 1.76. The standard InChI is InChI=1S/C5H10NO2P/c7-9-8-6-4-2-1-3-5-6/h1-5H2. The predicted octanol–water partition coefficient (Wildman–Crippen LogP) is 1.61. The van der Waals surface area contributed by atoms with Crippen LogP contribution in [-0.2, 0) is 9.19 Å². The molecule has 3 nitrogen and oxygen atoms in total. The Kier molecular flexibility index (Phi) is 3.12. The Labute approximate surface area is 56.2 Å². The minimum Gasteiger partial charge on any atom is -0.239 e. The van der Waals surface area contributed by atoms with Gasteiger partial charge >= 0.3 is 8.69 Å². The summed E-state index contributed by atoms with van der Waals surface area (Å²) in [5.41, 5.74) is 0. The highest BCUT2D eigenvalue weighted by molar-refractivity contribution is 7.17. The first-order valence-electron chi connectivity index (χ1n) is 3.18. The zero-order valence-electron chi connectivity index (χ0n) is 5.25. The van der Waals surface area contributed by atoms with Crippen molar-refractivity contribution in [2.45, 2.75) is 19.3 Å². The Bertz CT molecular complexity index is 93.0. The average molecular weight is 147 g/mol. The van der Waals surface area contributed by atoms with Crippen molar-refractivity contribution in [2.75, 3.05) is 13.1 Å². The van der Waals surface area contributed by atoms with Crippen molar-refractivity contribution in [1.29, 1.82) is 0 Å². The molecule has 4 heteroatoms. The maximum Gasteiger partial charge on any atom is 0.346 e. The van der Waals surface area contributed by atoms with Gasteiger partial charge in [0.05, 0.1) is 0 Å². The van der Waals surface area contributed by atoms with Crippen LogP contribution in [0.3, 0.4) is 0 Å². The highest BCUT2D eigenvalue weighted by atomic mass is 31.1. The molecule has 0 aromatic carbocycles. The van der Waals surface area contributed by atoms with Crippen LogP contribution in [0.1, 0.15) is 19.3 Å². The van der Waals surface area contributed by atoms with Crippen molar-refractivity contribution >= 4 is 8.69 Å². The first-order chi connectivity index (χ1) is 4.43. The number of hydrogen-bond donors (Lipinski definition) is 0. The zero-order chi connectivity index (χ0) is 6.53. The smallest absolute Gasteiger partial charge is 0.239 e. The Hall–Kier alpha value is 0.0200. The summed E-state index contributed by atoms with van der Waals surface area (Å²) in [4.78, 5) is 0. The molecule has 0 radical (unpaired) electrons. The van der Waals surface area contributed by atoms with E-state index in [0.717, 1.165) is 25.9 Å². The second-order valence-corrected chi connectivity index (χ2v) is 2.46. The van der Waals surface area contributed by atoms with Crippen molar-refractivity contribution in [2.24, 2.45) is 0 Å². The van der Waals surface area contributed by atoms with E-state index < -0.39 is 0 Å². The number of piperidine rings is 1. The molecule has 0 bridgehead atoms. The summed E-state index contributed by atoms with van der Waals surface area (Å²) in [5.74, 6) is 0. The molecule has 9 heavy (non-hydrogen) atoms. The lowest BCUT2D eigenvalue weighted by molar-refractivity contribution is -0.0601. The van der Waals surface area contributed by atoms with Crippen molar-refractivity contribution in [3.8, 4) is 0 Å². The maximum absolute atomic E-state index is 9.91. The van der Waals surface area contributed by atoms with Gasteiger partial charge in [0, 0.05) is 13.1 Å². The lowest BCUT2D eigenvalue weighted by atomic mass is 10.2. The van der Waals surface area contributed by atoms with Crippen LogP contribution in [0.2, 0.25) is 0 Å². The summed E-state index contributed by atoms with van der Waals surface area (Å²) >= 11 is 0. The summed E-state index contributed by atoms with van der Waals surface area (Å²) in [6, 6.07) is 0. The van der Waals surface area contributed by atoms with E-state index in [1.165, 1.54) is 6.42 Å². The fraction of sp³-hybridized carbons (Fsp3) is 1.00. The van der Waals surface area contributed by atoms with Gasteiger partial charge < -0.3 is 0 Å². The molecule has 0 saturated carbocycles. The van der Waals surface area contributed by atoms with Crippen molar-refractivity contribution < 1.29 is 9.19 Å². The molecule has 0 amide bonds. The SMILES string of the molecule is O=PON1CCCCC1. The lowest BCUT2D eigenvalue weighted by Gasteiger charge is -2.21. The van der Waals surface area contributed by atoms with Gasteiger partial charge in [0.2, 0.25) is 0 Å². The third kappa shape index (κ3) is 2.39. The van der Waals surface area contributed by atoms with Crippen molar-refractivity contribution in [1.82, 2.24) is 5.06 Å². The van der Waals surface area contributed by atoms with Crippen LogP contribution >= 0.6 is 8.69 Å². The fourth-order valence-electron chi connectivity index (χ4n) is 0.994. The first kappa shape index (κ1) is 7.13. The van der Waals surface area contributed by atoms with E-state index in [9.17, 15) is 4.57 Å². The molecule has 1 fully saturated rings.